The maximum Gasteiger partial charge on any atom is 0.346 e. The summed E-state index contributed by atoms with van der Waals surface area (Å²) in [5.41, 5.74) is 0.521. The fourth-order valence-electron chi connectivity index (χ4n) is 5.06. The van der Waals surface area contributed by atoms with Crippen LogP contribution in [0.1, 0.15) is 66.7 Å². The average molecular weight is 373 g/mol. The summed E-state index contributed by atoms with van der Waals surface area (Å²) < 4.78 is 5.79. The van der Waals surface area contributed by atoms with E-state index in [1.165, 1.54) is 5.57 Å². The number of rotatable bonds is 0. The highest BCUT2D eigenvalue weighted by Gasteiger charge is 2.59. The van der Waals surface area contributed by atoms with Crippen molar-refractivity contribution in [3.63, 3.8) is 0 Å². The lowest BCUT2D eigenvalue weighted by molar-refractivity contribution is -0.158. The molecule has 2 aliphatic carbocycles. The number of ether oxygens (including phenoxy) is 1. The molecule has 27 heavy (non-hydrogen) atoms. The van der Waals surface area contributed by atoms with Crippen LogP contribution in [0.3, 0.4) is 0 Å². The Kier molecular flexibility index (Phi) is 5.38. The van der Waals surface area contributed by atoms with E-state index in [2.05, 4.69) is 33.8 Å². The summed E-state index contributed by atoms with van der Waals surface area (Å²) in [7, 11) is 0. The molecule has 1 saturated heterocycles. The number of esters is 1. The molecule has 3 rings (SSSR count). The van der Waals surface area contributed by atoms with E-state index >= 15 is 0 Å². The second-order valence-corrected chi connectivity index (χ2v) is 9.05. The molecule has 1 N–H and O–H groups in total. The van der Waals surface area contributed by atoms with Gasteiger partial charge in [0.2, 0.25) is 5.78 Å². The van der Waals surface area contributed by atoms with Gasteiger partial charge in [-0.3, -0.25) is 4.79 Å². The van der Waals surface area contributed by atoms with Crippen LogP contribution in [0.25, 0.3) is 0 Å². The van der Waals surface area contributed by atoms with Gasteiger partial charge < -0.3 is 9.84 Å². The van der Waals surface area contributed by atoms with Gasteiger partial charge in [0, 0.05) is 12.3 Å². The Morgan fingerprint density at radius 1 is 1.11 bits per heavy atom. The SMILES string of the molecule is CC1=C[C@@H]2CCC[C@@H](C)C[C@@H](C)/C=C(/C)C(O)=C3C(=O)O[C@]2(C[C@@H]1C)C3=O. The molecule has 148 valence electrons. The minimum absolute atomic E-state index is 0.120. The van der Waals surface area contributed by atoms with Crippen LogP contribution >= 0.6 is 0 Å². The van der Waals surface area contributed by atoms with Gasteiger partial charge in [-0.15, -0.1) is 0 Å². The first-order valence-electron chi connectivity index (χ1n) is 10.2. The Morgan fingerprint density at radius 3 is 2.52 bits per heavy atom. The lowest BCUT2D eigenvalue weighted by Crippen LogP contribution is -2.47. The van der Waals surface area contributed by atoms with E-state index < -0.39 is 11.6 Å². The van der Waals surface area contributed by atoms with E-state index in [0.717, 1.165) is 25.7 Å². The van der Waals surface area contributed by atoms with Gasteiger partial charge in [-0.05, 0) is 50.0 Å². The Balaban J connectivity index is 2.12. The van der Waals surface area contributed by atoms with Crippen molar-refractivity contribution in [3.05, 3.63) is 34.6 Å². The number of aliphatic hydroxyl groups excluding tert-OH is 1. The second-order valence-electron chi connectivity index (χ2n) is 9.05. The molecule has 0 aromatic carbocycles. The number of hydrogen-bond acceptors (Lipinski definition) is 4. The van der Waals surface area contributed by atoms with Crippen LogP contribution in [0, 0.1) is 23.7 Å². The zero-order chi connectivity index (χ0) is 19.9. The first kappa shape index (κ1) is 19.9. The van der Waals surface area contributed by atoms with Gasteiger partial charge in [0.25, 0.3) is 0 Å². The summed E-state index contributed by atoms with van der Waals surface area (Å²) in [6.07, 6.45) is 8.53. The number of carbonyl (C=O) groups is 2. The van der Waals surface area contributed by atoms with Crippen LogP contribution in [0.15, 0.2) is 34.6 Å². The molecule has 0 unspecified atom stereocenters. The quantitative estimate of drug-likeness (QED) is 0.367. The zero-order valence-corrected chi connectivity index (χ0v) is 17.2. The van der Waals surface area contributed by atoms with Gasteiger partial charge in [-0.25, -0.2) is 4.79 Å². The van der Waals surface area contributed by atoms with E-state index in [-0.39, 0.29) is 34.9 Å². The molecule has 5 atom stereocenters. The van der Waals surface area contributed by atoms with Crippen molar-refractivity contribution in [2.45, 2.75) is 72.3 Å². The summed E-state index contributed by atoms with van der Waals surface area (Å²) >= 11 is 0. The van der Waals surface area contributed by atoms with Crippen molar-refractivity contribution in [2.75, 3.05) is 0 Å². The molecule has 1 fully saturated rings. The molecule has 0 amide bonds. The van der Waals surface area contributed by atoms with Crippen molar-refractivity contribution in [3.8, 4) is 0 Å². The minimum Gasteiger partial charge on any atom is -0.507 e. The van der Waals surface area contributed by atoms with Crippen LogP contribution in [0.4, 0.5) is 0 Å². The summed E-state index contributed by atoms with van der Waals surface area (Å²) in [6, 6.07) is 0. The fourth-order valence-corrected chi connectivity index (χ4v) is 5.06. The molecule has 0 aromatic heterocycles. The van der Waals surface area contributed by atoms with Crippen LogP contribution in [-0.2, 0) is 14.3 Å². The number of fused-ring (bicyclic) bond motifs is 1. The van der Waals surface area contributed by atoms with Crippen LogP contribution in [0.2, 0.25) is 0 Å². The van der Waals surface area contributed by atoms with Gasteiger partial charge >= 0.3 is 5.97 Å². The second kappa shape index (κ2) is 7.29. The van der Waals surface area contributed by atoms with Gasteiger partial charge in [0.15, 0.2) is 5.60 Å². The van der Waals surface area contributed by atoms with Gasteiger partial charge in [-0.2, -0.15) is 0 Å². The number of aliphatic hydroxyl groups is 1. The number of allylic oxidation sites excluding steroid dienone is 3. The van der Waals surface area contributed by atoms with E-state index in [9.17, 15) is 14.7 Å². The lowest BCUT2D eigenvalue weighted by Gasteiger charge is -2.39. The van der Waals surface area contributed by atoms with Crippen molar-refractivity contribution < 1.29 is 19.4 Å². The zero-order valence-electron chi connectivity index (χ0n) is 17.2. The monoisotopic (exact) mass is 372 g/mol. The molecule has 0 saturated carbocycles. The Labute approximate surface area is 162 Å². The predicted molar refractivity (Wildman–Crippen MR) is 105 cm³/mol. The molecular weight excluding hydrogens is 340 g/mol. The van der Waals surface area contributed by atoms with E-state index in [4.69, 9.17) is 4.74 Å². The van der Waals surface area contributed by atoms with E-state index in [0.29, 0.717) is 17.9 Å². The molecule has 1 heterocycles. The number of ketones is 1. The van der Waals surface area contributed by atoms with Crippen molar-refractivity contribution in [2.24, 2.45) is 23.7 Å². The third-order valence-corrected chi connectivity index (χ3v) is 6.67. The molecule has 0 radical (unpaired) electrons. The number of Topliss-reactive ketones (excluding diaryl/α,β-unsaturated/α-hetero) is 1. The molecule has 1 aliphatic heterocycles. The third kappa shape index (κ3) is 3.51. The molecule has 0 aromatic rings. The van der Waals surface area contributed by atoms with Crippen molar-refractivity contribution >= 4 is 11.8 Å². The molecule has 4 nitrogen and oxygen atoms in total. The van der Waals surface area contributed by atoms with E-state index in [1.54, 1.807) is 6.92 Å². The highest BCUT2D eigenvalue weighted by Crippen LogP contribution is 2.47. The summed E-state index contributed by atoms with van der Waals surface area (Å²) in [5, 5.41) is 10.7. The maximum absolute atomic E-state index is 13.4. The van der Waals surface area contributed by atoms with Gasteiger partial charge in [0.05, 0.1) is 0 Å². The number of hydrogen-bond donors (Lipinski definition) is 1. The lowest BCUT2D eigenvalue weighted by atomic mass is 9.68. The predicted octanol–water partition coefficient (Wildman–Crippen LogP) is 5.06. The maximum atomic E-state index is 13.4. The summed E-state index contributed by atoms with van der Waals surface area (Å²) in [4.78, 5) is 26.1. The van der Waals surface area contributed by atoms with Crippen LogP contribution in [-0.4, -0.2) is 22.5 Å². The van der Waals surface area contributed by atoms with Crippen LogP contribution in [0.5, 0.6) is 0 Å². The molecule has 1 spiro atoms. The molecule has 4 heteroatoms. The normalized spacial score (nSPS) is 40.0. The first-order valence-corrected chi connectivity index (χ1v) is 10.2. The third-order valence-electron chi connectivity index (χ3n) is 6.67. The van der Waals surface area contributed by atoms with Crippen molar-refractivity contribution in [1.29, 1.82) is 0 Å². The highest BCUT2D eigenvalue weighted by molar-refractivity contribution is 6.26. The first-order chi connectivity index (χ1) is 12.7. The molecular formula is C23H32O4. The number of carbonyl (C=O) groups excluding carboxylic acids is 2. The molecule has 2 bridgehead atoms. The topological polar surface area (TPSA) is 63.6 Å². The standard InChI is InChI=1S/C23H32O4/c1-13-7-6-8-18-11-15(3)17(5)12-23(18)21(25)19(22(26)27-23)20(24)16(4)10-14(2)9-13/h10-11,13-14,17-18,24H,6-9,12H2,1-5H3/b16-10-,20-19?/t13-,14-,17+,18+,23+/m1/s1. The highest BCUT2D eigenvalue weighted by atomic mass is 16.6. The van der Waals surface area contributed by atoms with Crippen molar-refractivity contribution in [1.82, 2.24) is 0 Å². The Bertz CT molecular complexity index is 741. The minimum atomic E-state index is -1.15. The Morgan fingerprint density at radius 2 is 1.81 bits per heavy atom. The average Bonchev–Trinajstić information content (AvgIpc) is 2.81. The summed E-state index contributed by atoms with van der Waals surface area (Å²) in [6.45, 7) is 10.3. The Hall–Kier alpha value is -1.84. The van der Waals surface area contributed by atoms with E-state index in [1.807, 2.05) is 6.08 Å². The van der Waals surface area contributed by atoms with Gasteiger partial charge in [0.1, 0.15) is 11.3 Å². The fraction of sp³-hybridized carbons (Fsp3) is 0.652. The summed E-state index contributed by atoms with van der Waals surface area (Å²) in [5.74, 6) is -0.325. The smallest absolute Gasteiger partial charge is 0.346 e. The largest absolute Gasteiger partial charge is 0.507 e. The molecule has 3 aliphatic rings. The van der Waals surface area contributed by atoms with Crippen LogP contribution < -0.4 is 0 Å². The van der Waals surface area contributed by atoms with Gasteiger partial charge in [-0.1, -0.05) is 51.3 Å².